The molecule has 1 aromatic carbocycles. The summed E-state index contributed by atoms with van der Waals surface area (Å²) in [6, 6.07) is 5.35. The first-order valence-electron chi connectivity index (χ1n) is 6.19. The van der Waals surface area contributed by atoms with Gasteiger partial charge < -0.3 is 20.1 Å². The number of benzene rings is 1. The molecule has 0 spiro atoms. The minimum Gasteiger partial charge on any atom is -0.489 e. The van der Waals surface area contributed by atoms with Crippen LogP contribution in [0.4, 0.5) is 4.79 Å². The van der Waals surface area contributed by atoms with Crippen LogP contribution in [-0.2, 0) is 6.54 Å². The van der Waals surface area contributed by atoms with Gasteiger partial charge in [-0.1, -0.05) is 0 Å². The van der Waals surface area contributed by atoms with Crippen molar-refractivity contribution in [1.82, 2.24) is 10.2 Å². The first kappa shape index (κ1) is 11.8. The van der Waals surface area contributed by atoms with Crippen molar-refractivity contribution < 1.29 is 19.4 Å². The van der Waals surface area contributed by atoms with Gasteiger partial charge in [0, 0.05) is 25.1 Å². The molecule has 0 aromatic heterocycles. The molecule has 19 heavy (non-hydrogen) atoms. The molecule has 1 saturated heterocycles. The van der Waals surface area contributed by atoms with Crippen molar-refractivity contribution in [3.8, 4) is 5.75 Å². The minimum absolute atomic E-state index is 0.0560. The molecule has 2 aliphatic rings. The van der Waals surface area contributed by atoms with Crippen LogP contribution in [0.5, 0.6) is 5.75 Å². The molecule has 1 fully saturated rings. The van der Waals surface area contributed by atoms with Gasteiger partial charge in [0.15, 0.2) is 0 Å². The topological polar surface area (TPSA) is 78.9 Å². The number of carboxylic acid groups (broad SMARTS) is 1. The minimum atomic E-state index is -0.908. The van der Waals surface area contributed by atoms with Crippen LogP contribution < -0.4 is 10.1 Å². The van der Waals surface area contributed by atoms with E-state index in [1.165, 1.54) is 4.90 Å². The maximum absolute atomic E-state index is 11.4. The molecule has 6 heteroatoms. The van der Waals surface area contributed by atoms with Crippen molar-refractivity contribution in [1.29, 1.82) is 0 Å². The third-order valence-corrected chi connectivity index (χ3v) is 3.48. The quantitative estimate of drug-likeness (QED) is 0.835. The standard InChI is InChI=1S/C13H14N2O4/c16-12-11-2-1-9(5-8(11)6-14-12)19-10-3-4-15(7-10)13(17)18/h1-2,5,10H,3-4,6-7H2,(H,14,16)(H,17,18)/t10-/m1/s1. The molecule has 2 heterocycles. The number of rotatable bonds is 2. The lowest BCUT2D eigenvalue weighted by Gasteiger charge is -2.15. The lowest BCUT2D eigenvalue weighted by atomic mass is 10.1. The van der Waals surface area contributed by atoms with Crippen molar-refractivity contribution in [3.05, 3.63) is 29.3 Å². The summed E-state index contributed by atoms with van der Waals surface area (Å²) < 4.78 is 5.77. The number of ether oxygens (including phenoxy) is 1. The van der Waals surface area contributed by atoms with E-state index in [2.05, 4.69) is 5.32 Å². The Morgan fingerprint density at radius 3 is 3.05 bits per heavy atom. The zero-order chi connectivity index (χ0) is 13.4. The van der Waals surface area contributed by atoms with Gasteiger partial charge in [0.05, 0.1) is 6.54 Å². The highest BCUT2D eigenvalue weighted by molar-refractivity contribution is 5.98. The highest BCUT2D eigenvalue weighted by atomic mass is 16.5. The van der Waals surface area contributed by atoms with E-state index >= 15 is 0 Å². The molecule has 100 valence electrons. The maximum Gasteiger partial charge on any atom is 0.407 e. The summed E-state index contributed by atoms with van der Waals surface area (Å²) in [5.41, 5.74) is 1.61. The van der Waals surface area contributed by atoms with E-state index in [-0.39, 0.29) is 12.0 Å². The number of hydrogen-bond donors (Lipinski definition) is 2. The van der Waals surface area contributed by atoms with Crippen LogP contribution in [0.3, 0.4) is 0 Å². The van der Waals surface area contributed by atoms with Crippen LogP contribution in [0, 0.1) is 0 Å². The number of hydrogen-bond acceptors (Lipinski definition) is 3. The van der Waals surface area contributed by atoms with Crippen LogP contribution in [0.25, 0.3) is 0 Å². The third kappa shape index (κ3) is 2.21. The molecule has 2 N–H and O–H groups in total. The van der Waals surface area contributed by atoms with E-state index in [1.54, 1.807) is 12.1 Å². The van der Waals surface area contributed by atoms with Crippen LogP contribution in [0.1, 0.15) is 22.3 Å². The summed E-state index contributed by atoms with van der Waals surface area (Å²) in [5.74, 6) is 0.631. The molecule has 3 rings (SSSR count). The second kappa shape index (κ2) is 4.46. The van der Waals surface area contributed by atoms with E-state index in [0.29, 0.717) is 37.4 Å². The van der Waals surface area contributed by atoms with Crippen molar-refractivity contribution in [2.24, 2.45) is 0 Å². The van der Waals surface area contributed by atoms with Gasteiger partial charge >= 0.3 is 6.09 Å². The van der Waals surface area contributed by atoms with Crippen LogP contribution >= 0.6 is 0 Å². The fourth-order valence-corrected chi connectivity index (χ4v) is 2.47. The first-order valence-corrected chi connectivity index (χ1v) is 6.19. The predicted octanol–water partition coefficient (Wildman–Crippen LogP) is 1.06. The van der Waals surface area contributed by atoms with Crippen LogP contribution in [-0.4, -0.2) is 41.2 Å². The Morgan fingerprint density at radius 1 is 1.47 bits per heavy atom. The number of likely N-dealkylation sites (tertiary alicyclic amines) is 1. The number of carbonyl (C=O) groups is 2. The smallest absolute Gasteiger partial charge is 0.407 e. The molecule has 2 aliphatic heterocycles. The molecule has 0 saturated carbocycles. The van der Waals surface area contributed by atoms with E-state index in [9.17, 15) is 9.59 Å². The number of fused-ring (bicyclic) bond motifs is 1. The van der Waals surface area contributed by atoms with Gasteiger partial charge in [-0.2, -0.15) is 0 Å². The van der Waals surface area contributed by atoms with Gasteiger partial charge in [0.1, 0.15) is 11.9 Å². The molecule has 1 aromatic rings. The maximum atomic E-state index is 11.4. The monoisotopic (exact) mass is 262 g/mol. The van der Waals surface area contributed by atoms with Crippen LogP contribution in [0.15, 0.2) is 18.2 Å². The van der Waals surface area contributed by atoms with E-state index in [1.807, 2.05) is 6.07 Å². The van der Waals surface area contributed by atoms with Gasteiger partial charge in [-0.15, -0.1) is 0 Å². The SMILES string of the molecule is O=C1NCc2cc(O[C@@H]3CCN(C(=O)O)C3)ccc21. The molecular weight excluding hydrogens is 248 g/mol. The van der Waals surface area contributed by atoms with E-state index < -0.39 is 6.09 Å². The third-order valence-electron chi connectivity index (χ3n) is 3.48. The molecule has 0 bridgehead atoms. The Morgan fingerprint density at radius 2 is 2.32 bits per heavy atom. The Balaban J connectivity index is 1.68. The van der Waals surface area contributed by atoms with Crippen molar-refractivity contribution in [2.45, 2.75) is 19.1 Å². The second-order valence-corrected chi connectivity index (χ2v) is 4.76. The Kier molecular flexibility index (Phi) is 2.77. The average molecular weight is 262 g/mol. The predicted molar refractivity (Wildman–Crippen MR) is 66.2 cm³/mol. The first-order chi connectivity index (χ1) is 9.13. The van der Waals surface area contributed by atoms with Gasteiger partial charge in [0.25, 0.3) is 5.91 Å². The highest BCUT2D eigenvalue weighted by Gasteiger charge is 2.27. The molecule has 0 aliphatic carbocycles. The molecule has 0 radical (unpaired) electrons. The van der Waals surface area contributed by atoms with Gasteiger partial charge in [-0.25, -0.2) is 4.79 Å². The van der Waals surface area contributed by atoms with E-state index in [0.717, 1.165) is 5.56 Å². The van der Waals surface area contributed by atoms with Crippen molar-refractivity contribution >= 4 is 12.0 Å². The molecule has 0 unspecified atom stereocenters. The summed E-state index contributed by atoms with van der Waals surface area (Å²) in [5, 5.41) is 11.6. The lowest BCUT2D eigenvalue weighted by Crippen LogP contribution is -2.29. The number of nitrogens with one attached hydrogen (secondary N) is 1. The summed E-state index contributed by atoms with van der Waals surface area (Å²) >= 11 is 0. The molecule has 2 amide bonds. The molecule has 1 atom stereocenters. The normalized spacial score (nSPS) is 21.2. The largest absolute Gasteiger partial charge is 0.489 e. The number of carbonyl (C=O) groups excluding carboxylic acids is 1. The zero-order valence-electron chi connectivity index (χ0n) is 10.3. The Hall–Kier alpha value is -2.24. The zero-order valence-corrected chi connectivity index (χ0v) is 10.3. The number of amides is 2. The van der Waals surface area contributed by atoms with Crippen molar-refractivity contribution in [2.75, 3.05) is 13.1 Å². The molecule has 6 nitrogen and oxygen atoms in total. The summed E-state index contributed by atoms with van der Waals surface area (Å²) in [4.78, 5) is 23.6. The summed E-state index contributed by atoms with van der Waals surface area (Å²) in [7, 11) is 0. The van der Waals surface area contributed by atoms with Gasteiger partial charge in [-0.3, -0.25) is 4.79 Å². The fraction of sp³-hybridized carbons (Fsp3) is 0.385. The Bertz CT molecular complexity index is 543. The van der Waals surface area contributed by atoms with Gasteiger partial charge in [0.2, 0.25) is 0 Å². The molecular formula is C13H14N2O4. The number of nitrogens with zero attached hydrogens (tertiary/aromatic N) is 1. The van der Waals surface area contributed by atoms with Crippen LogP contribution in [0.2, 0.25) is 0 Å². The average Bonchev–Trinajstić information content (AvgIpc) is 2.97. The van der Waals surface area contributed by atoms with E-state index in [4.69, 9.17) is 9.84 Å². The fourth-order valence-electron chi connectivity index (χ4n) is 2.47. The lowest BCUT2D eigenvalue weighted by molar-refractivity contribution is 0.0965. The Labute approximate surface area is 110 Å². The second-order valence-electron chi connectivity index (χ2n) is 4.76. The van der Waals surface area contributed by atoms with Gasteiger partial charge in [-0.05, 0) is 23.8 Å². The van der Waals surface area contributed by atoms with Crippen molar-refractivity contribution in [3.63, 3.8) is 0 Å². The highest BCUT2D eigenvalue weighted by Crippen LogP contribution is 2.24. The summed E-state index contributed by atoms with van der Waals surface area (Å²) in [6.45, 7) is 1.42. The summed E-state index contributed by atoms with van der Waals surface area (Å²) in [6.07, 6.45) is -0.324.